The Hall–Kier alpha value is -0.170. The van der Waals surface area contributed by atoms with Crippen LogP contribution in [0.4, 0.5) is 0 Å². The van der Waals surface area contributed by atoms with E-state index >= 15 is 0 Å². The number of likely N-dealkylation sites (tertiary alicyclic amines) is 1. The SMILES string of the molecule is CCCS(=O)(=O)N(CCN(C)C)C1CCN(C)CC1. The highest BCUT2D eigenvalue weighted by molar-refractivity contribution is 7.89. The number of hydrogen-bond acceptors (Lipinski definition) is 4. The molecule has 0 bridgehead atoms. The summed E-state index contributed by atoms with van der Waals surface area (Å²) in [5, 5.41) is 0. The maximum Gasteiger partial charge on any atom is 0.214 e. The van der Waals surface area contributed by atoms with Gasteiger partial charge in [-0.25, -0.2) is 8.42 Å². The van der Waals surface area contributed by atoms with Crippen molar-refractivity contribution in [2.75, 3.05) is 53.1 Å². The predicted molar refractivity (Wildman–Crippen MR) is 79.9 cm³/mol. The molecule has 1 aliphatic heterocycles. The van der Waals surface area contributed by atoms with Gasteiger partial charge in [0.1, 0.15) is 0 Å². The van der Waals surface area contributed by atoms with Gasteiger partial charge in [0.05, 0.1) is 5.75 Å². The summed E-state index contributed by atoms with van der Waals surface area (Å²) in [5.41, 5.74) is 0. The van der Waals surface area contributed by atoms with Crippen molar-refractivity contribution in [2.24, 2.45) is 0 Å². The zero-order chi connectivity index (χ0) is 14.5. The Bertz CT molecular complexity index is 349. The zero-order valence-electron chi connectivity index (χ0n) is 12.8. The fourth-order valence-corrected chi connectivity index (χ4v) is 4.28. The quantitative estimate of drug-likeness (QED) is 0.692. The fourth-order valence-electron chi connectivity index (χ4n) is 2.51. The molecule has 0 aromatic heterocycles. The highest BCUT2D eigenvalue weighted by Crippen LogP contribution is 2.19. The molecule has 0 aromatic carbocycles. The first kappa shape index (κ1) is 16.9. The number of piperidine rings is 1. The normalized spacial score (nSPS) is 19.5. The van der Waals surface area contributed by atoms with Gasteiger partial charge in [-0.1, -0.05) is 6.92 Å². The molecule has 19 heavy (non-hydrogen) atoms. The maximum absolute atomic E-state index is 12.4. The molecule has 0 aromatic rings. The summed E-state index contributed by atoms with van der Waals surface area (Å²) in [6, 6.07) is 0.188. The molecule has 0 unspecified atom stereocenters. The minimum absolute atomic E-state index is 0.188. The fraction of sp³-hybridized carbons (Fsp3) is 1.00. The van der Waals surface area contributed by atoms with Crippen LogP contribution in [-0.2, 0) is 10.0 Å². The molecule has 6 heteroatoms. The van der Waals surface area contributed by atoms with Gasteiger partial charge in [0, 0.05) is 19.1 Å². The van der Waals surface area contributed by atoms with Gasteiger partial charge in [-0.15, -0.1) is 0 Å². The van der Waals surface area contributed by atoms with Gasteiger partial charge in [-0.3, -0.25) is 0 Å². The molecular weight excluding hydrogens is 262 g/mol. The molecule has 0 atom stereocenters. The predicted octanol–water partition coefficient (Wildman–Crippen LogP) is 0.684. The van der Waals surface area contributed by atoms with Crippen LogP contribution in [0.15, 0.2) is 0 Å². The highest BCUT2D eigenvalue weighted by atomic mass is 32.2. The Morgan fingerprint density at radius 1 is 1.16 bits per heavy atom. The third-order valence-electron chi connectivity index (χ3n) is 3.68. The summed E-state index contributed by atoms with van der Waals surface area (Å²) in [6.45, 7) is 5.31. The lowest BCUT2D eigenvalue weighted by molar-refractivity contribution is 0.175. The third-order valence-corrected chi connectivity index (χ3v) is 5.80. The monoisotopic (exact) mass is 291 g/mol. The van der Waals surface area contributed by atoms with Crippen LogP contribution in [0.5, 0.6) is 0 Å². The molecule has 1 aliphatic rings. The standard InChI is InChI=1S/C13H29N3O2S/c1-5-12-19(17,18)16(11-10-14(2)3)13-6-8-15(4)9-7-13/h13H,5-12H2,1-4H3. The molecule has 0 spiro atoms. The number of sulfonamides is 1. The summed E-state index contributed by atoms with van der Waals surface area (Å²) >= 11 is 0. The minimum Gasteiger partial charge on any atom is -0.308 e. The second kappa shape index (κ2) is 7.57. The van der Waals surface area contributed by atoms with Crippen molar-refractivity contribution in [3.8, 4) is 0 Å². The summed E-state index contributed by atoms with van der Waals surface area (Å²) in [6.07, 6.45) is 2.59. The van der Waals surface area contributed by atoms with Crippen LogP contribution in [-0.4, -0.2) is 81.6 Å². The number of nitrogens with zero attached hydrogens (tertiary/aromatic N) is 3. The summed E-state index contributed by atoms with van der Waals surface area (Å²) in [7, 11) is 2.97. The second-order valence-electron chi connectivity index (χ2n) is 5.76. The summed E-state index contributed by atoms with van der Waals surface area (Å²) in [4.78, 5) is 4.32. The van der Waals surface area contributed by atoms with E-state index in [1.165, 1.54) is 0 Å². The van der Waals surface area contributed by atoms with E-state index in [1.54, 1.807) is 4.31 Å². The third kappa shape index (κ3) is 5.38. The first-order chi connectivity index (χ1) is 8.86. The van der Waals surface area contributed by atoms with Gasteiger partial charge in [0.2, 0.25) is 10.0 Å². The highest BCUT2D eigenvalue weighted by Gasteiger charge is 2.31. The molecule has 1 rings (SSSR count). The van der Waals surface area contributed by atoms with Gasteiger partial charge >= 0.3 is 0 Å². The molecule has 0 radical (unpaired) electrons. The van der Waals surface area contributed by atoms with Crippen molar-refractivity contribution in [1.82, 2.24) is 14.1 Å². The van der Waals surface area contributed by atoms with Crippen molar-refractivity contribution in [3.05, 3.63) is 0 Å². The molecule has 1 heterocycles. The van der Waals surface area contributed by atoms with E-state index in [2.05, 4.69) is 11.9 Å². The van der Waals surface area contributed by atoms with E-state index in [0.29, 0.717) is 13.0 Å². The van der Waals surface area contributed by atoms with Crippen LogP contribution in [0.25, 0.3) is 0 Å². The van der Waals surface area contributed by atoms with Gasteiger partial charge in [-0.2, -0.15) is 4.31 Å². The van der Waals surface area contributed by atoms with E-state index < -0.39 is 10.0 Å². The van der Waals surface area contributed by atoms with Crippen molar-refractivity contribution >= 4 is 10.0 Å². The second-order valence-corrected chi connectivity index (χ2v) is 7.81. The average Bonchev–Trinajstić information content (AvgIpc) is 2.31. The smallest absolute Gasteiger partial charge is 0.214 e. The Kier molecular flexibility index (Phi) is 6.73. The Morgan fingerprint density at radius 2 is 1.74 bits per heavy atom. The molecule has 1 fully saturated rings. The van der Waals surface area contributed by atoms with Crippen LogP contribution in [0.1, 0.15) is 26.2 Å². The number of likely N-dealkylation sites (N-methyl/N-ethyl adjacent to an activating group) is 1. The number of rotatable bonds is 7. The molecule has 5 nitrogen and oxygen atoms in total. The maximum atomic E-state index is 12.4. The first-order valence-electron chi connectivity index (χ1n) is 7.19. The molecular formula is C13H29N3O2S. The molecule has 0 amide bonds. The van der Waals surface area contributed by atoms with Crippen LogP contribution in [0, 0.1) is 0 Å². The Balaban J connectivity index is 2.74. The minimum atomic E-state index is -3.10. The van der Waals surface area contributed by atoms with Crippen LogP contribution in [0.3, 0.4) is 0 Å². The van der Waals surface area contributed by atoms with E-state index in [0.717, 1.165) is 32.5 Å². The molecule has 0 saturated carbocycles. The van der Waals surface area contributed by atoms with Gasteiger partial charge < -0.3 is 9.80 Å². The van der Waals surface area contributed by atoms with E-state index in [9.17, 15) is 8.42 Å². The Labute approximate surface area is 118 Å². The van der Waals surface area contributed by atoms with Gasteiger partial charge in [0.15, 0.2) is 0 Å². The lowest BCUT2D eigenvalue weighted by atomic mass is 10.1. The molecule has 114 valence electrons. The van der Waals surface area contributed by atoms with E-state index in [4.69, 9.17) is 0 Å². The van der Waals surface area contributed by atoms with E-state index in [-0.39, 0.29) is 11.8 Å². The van der Waals surface area contributed by atoms with Crippen molar-refractivity contribution < 1.29 is 8.42 Å². The summed E-state index contributed by atoms with van der Waals surface area (Å²) in [5.74, 6) is 0.271. The topological polar surface area (TPSA) is 43.9 Å². The van der Waals surface area contributed by atoms with E-state index in [1.807, 2.05) is 25.9 Å². The molecule has 0 aliphatic carbocycles. The van der Waals surface area contributed by atoms with Crippen molar-refractivity contribution in [1.29, 1.82) is 0 Å². The van der Waals surface area contributed by atoms with Crippen molar-refractivity contribution in [3.63, 3.8) is 0 Å². The van der Waals surface area contributed by atoms with Gasteiger partial charge in [-0.05, 0) is 53.5 Å². The average molecular weight is 291 g/mol. The molecule has 0 N–H and O–H groups in total. The van der Waals surface area contributed by atoms with Crippen LogP contribution >= 0.6 is 0 Å². The van der Waals surface area contributed by atoms with Gasteiger partial charge in [0.25, 0.3) is 0 Å². The zero-order valence-corrected chi connectivity index (χ0v) is 13.6. The largest absolute Gasteiger partial charge is 0.308 e. The van der Waals surface area contributed by atoms with Crippen LogP contribution in [0.2, 0.25) is 0 Å². The summed E-state index contributed by atoms with van der Waals surface area (Å²) < 4.78 is 26.6. The lowest BCUT2D eigenvalue weighted by Gasteiger charge is -2.37. The first-order valence-corrected chi connectivity index (χ1v) is 8.80. The van der Waals surface area contributed by atoms with Crippen molar-refractivity contribution in [2.45, 2.75) is 32.2 Å². The lowest BCUT2D eigenvalue weighted by Crippen LogP contribution is -2.49. The molecule has 1 saturated heterocycles. The van der Waals surface area contributed by atoms with Crippen LogP contribution < -0.4 is 0 Å². The number of hydrogen-bond donors (Lipinski definition) is 0. The Morgan fingerprint density at radius 3 is 2.21 bits per heavy atom.